The van der Waals surface area contributed by atoms with E-state index in [1.807, 2.05) is 0 Å². The maximum absolute atomic E-state index is 12.5. The summed E-state index contributed by atoms with van der Waals surface area (Å²) in [7, 11) is 0. The highest BCUT2D eigenvalue weighted by molar-refractivity contribution is 7.25. The second-order valence-corrected chi connectivity index (χ2v) is 5.68. The molecule has 18 heavy (non-hydrogen) atoms. The van der Waals surface area contributed by atoms with Gasteiger partial charge in [-0.2, -0.15) is 4.98 Å². The summed E-state index contributed by atoms with van der Waals surface area (Å²) in [5.74, 6) is -0.108. The van der Waals surface area contributed by atoms with Crippen LogP contribution in [0, 0.1) is 0 Å². The predicted molar refractivity (Wildman–Crippen MR) is 68.9 cm³/mol. The number of benzene rings is 1. The molecule has 0 aliphatic rings. The standard InChI is InChI=1S/C11H7FN2O2S2/c12-4-8-9(16)14-11(18-8)10-13-6-2-1-5(15)3-7(6)17-10/h1-3,15-16H,4H2. The van der Waals surface area contributed by atoms with E-state index in [1.54, 1.807) is 18.2 Å². The SMILES string of the molecule is Oc1ccc2nc(-c3nc(O)c(CF)s3)sc2c1. The molecule has 7 heteroatoms. The normalized spacial score (nSPS) is 11.2. The van der Waals surface area contributed by atoms with Gasteiger partial charge in [0.25, 0.3) is 0 Å². The molecule has 3 aromatic rings. The lowest BCUT2D eigenvalue weighted by atomic mass is 10.3. The Hall–Kier alpha value is -1.73. The zero-order valence-corrected chi connectivity index (χ0v) is 10.6. The molecule has 0 spiro atoms. The van der Waals surface area contributed by atoms with E-state index in [2.05, 4.69) is 9.97 Å². The van der Waals surface area contributed by atoms with Crippen LogP contribution in [0.5, 0.6) is 11.6 Å². The average Bonchev–Trinajstić information content (AvgIpc) is 2.91. The fourth-order valence-electron chi connectivity index (χ4n) is 1.53. The largest absolute Gasteiger partial charge is 0.508 e. The Morgan fingerprint density at radius 2 is 1.89 bits per heavy atom. The van der Waals surface area contributed by atoms with Gasteiger partial charge in [-0.3, -0.25) is 0 Å². The minimum Gasteiger partial charge on any atom is -0.508 e. The van der Waals surface area contributed by atoms with Crippen LogP contribution in [-0.2, 0) is 6.67 Å². The van der Waals surface area contributed by atoms with Crippen molar-refractivity contribution in [3.8, 4) is 21.6 Å². The van der Waals surface area contributed by atoms with E-state index in [0.717, 1.165) is 21.6 Å². The van der Waals surface area contributed by atoms with E-state index in [1.165, 1.54) is 11.3 Å². The maximum Gasteiger partial charge on any atom is 0.228 e. The van der Waals surface area contributed by atoms with Crippen LogP contribution < -0.4 is 0 Å². The van der Waals surface area contributed by atoms with E-state index in [0.29, 0.717) is 10.0 Å². The first-order chi connectivity index (χ1) is 8.67. The molecule has 0 aliphatic carbocycles. The second kappa shape index (κ2) is 4.18. The van der Waals surface area contributed by atoms with Crippen molar-refractivity contribution in [1.29, 1.82) is 0 Å². The number of aromatic nitrogens is 2. The monoisotopic (exact) mass is 282 g/mol. The third-order valence-electron chi connectivity index (χ3n) is 2.35. The number of hydrogen-bond acceptors (Lipinski definition) is 6. The van der Waals surface area contributed by atoms with E-state index < -0.39 is 6.67 Å². The first kappa shape index (κ1) is 11.4. The maximum atomic E-state index is 12.5. The van der Waals surface area contributed by atoms with E-state index in [4.69, 9.17) is 0 Å². The fraction of sp³-hybridized carbons (Fsp3) is 0.0909. The van der Waals surface area contributed by atoms with Gasteiger partial charge in [0.15, 0.2) is 10.0 Å². The molecule has 0 amide bonds. The van der Waals surface area contributed by atoms with Gasteiger partial charge in [0, 0.05) is 0 Å². The Morgan fingerprint density at radius 1 is 1.11 bits per heavy atom. The first-order valence-corrected chi connectivity index (χ1v) is 6.65. The van der Waals surface area contributed by atoms with Gasteiger partial charge in [-0.15, -0.1) is 22.7 Å². The highest BCUT2D eigenvalue weighted by Gasteiger charge is 2.15. The molecule has 2 heterocycles. The van der Waals surface area contributed by atoms with Crippen LogP contribution in [0.4, 0.5) is 4.39 Å². The number of aromatic hydroxyl groups is 2. The molecular formula is C11H7FN2O2S2. The molecule has 4 nitrogen and oxygen atoms in total. The summed E-state index contributed by atoms with van der Waals surface area (Å²) in [6.45, 7) is -0.741. The number of thiazole rings is 2. The minimum absolute atomic E-state index is 0.170. The van der Waals surface area contributed by atoms with Crippen LogP contribution in [0.3, 0.4) is 0 Å². The summed E-state index contributed by atoms with van der Waals surface area (Å²) in [6, 6.07) is 4.87. The average molecular weight is 282 g/mol. The zero-order chi connectivity index (χ0) is 12.7. The van der Waals surface area contributed by atoms with Gasteiger partial charge in [-0.05, 0) is 18.2 Å². The molecule has 2 aromatic heterocycles. The van der Waals surface area contributed by atoms with Gasteiger partial charge in [0.2, 0.25) is 5.88 Å². The van der Waals surface area contributed by atoms with E-state index in [9.17, 15) is 14.6 Å². The molecule has 0 saturated heterocycles. The van der Waals surface area contributed by atoms with Crippen LogP contribution >= 0.6 is 22.7 Å². The molecular weight excluding hydrogens is 275 g/mol. The van der Waals surface area contributed by atoms with Crippen LogP contribution in [0.25, 0.3) is 20.2 Å². The molecule has 0 radical (unpaired) electrons. The minimum atomic E-state index is -0.741. The van der Waals surface area contributed by atoms with Crippen molar-refractivity contribution in [2.24, 2.45) is 0 Å². The number of phenols is 1. The first-order valence-electron chi connectivity index (χ1n) is 5.02. The van der Waals surface area contributed by atoms with Gasteiger partial charge in [-0.25, -0.2) is 9.37 Å². The fourth-order valence-corrected chi connectivity index (χ4v) is 3.35. The molecule has 0 unspecified atom stereocenters. The van der Waals surface area contributed by atoms with Crippen LogP contribution in [0.2, 0.25) is 0 Å². The smallest absolute Gasteiger partial charge is 0.228 e. The number of fused-ring (bicyclic) bond motifs is 1. The van der Waals surface area contributed by atoms with Crippen molar-refractivity contribution in [2.75, 3.05) is 0 Å². The summed E-state index contributed by atoms with van der Waals surface area (Å²) in [5, 5.41) is 19.9. The van der Waals surface area contributed by atoms with Crippen molar-refractivity contribution in [1.82, 2.24) is 9.97 Å². The molecule has 1 aromatic carbocycles. The lowest BCUT2D eigenvalue weighted by Gasteiger charge is -1.87. The number of rotatable bonds is 2. The van der Waals surface area contributed by atoms with Crippen molar-refractivity contribution in [3.63, 3.8) is 0 Å². The van der Waals surface area contributed by atoms with Gasteiger partial charge in [-0.1, -0.05) is 0 Å². The summed E-state index contributed by atoms with van der Waals surface area (Å²) in [4.78, 5) is 8.42. The summed E-state index contributed by atoms with van der Waals surface area (Å²) in [6.07, 6.45) is 0. The zero-order valence-electron chi connectivity index (χ0n) is 8.92. The Kier molecular flexibility index (Phi) is 2.64. The Balaban J connectivity index is 2.13. The number of nitrogens with zero attached hydrogens (tertiary/aromatic N) is 2. The topological polar surface area (TPSA) is 66.2 Å². The van der Waals surface area contributed by atoms with Crippen molar-refractivity contribution in [2.45, 2.75) is 6.67 Å². The number of alkyl halides is 1. The lowest BCUT2D eigenvalue weighted by Crippen LogP contribution is -1.73. The van der Waals surface area contributed by atoms with Crippen LogP contribution in [0.15, 0.2) is 18.2 Å². The molecule has 0 saturated carbocycles. The number of hydrogen-bond donors (Lipinski definition) is 2. The van der Waals surface area contributed by atoms with Gasteiger partial charge < -0.3 is 10.2 Å². The third kappa shape index (κ3) is 1.81. The van der Waals surface area contributed by atoms with E-state index >= 15 is 0 Å². The van der Waals surface area contributed by atoms with Crippen LogP contribution in [0.1, 0.15) is 4.88 Å². The quantitative estimate of drug-likeness (QED) is 0.757. The van der Waals surface area contributed by atoms with Gasteiger partial charge >= 0.3 is 0 Å². The molecule has 0 atom stereocenters. The Morgan fingerprint density at radius 3 is 2.61 bits per heavy atom. The molecule has 2 N–H and O–H groups in total. The van der Waals surface area contributed by atoms with Gasteiger partial charge in [0.05, 0.1) is 15.1 Å². The molecule has 0 aliphatic heterocycles. The molecule has 3 rings (SSSR count). The highest BCUT2D eigenvalue weighted by atomic mass is 32.1. The van der Waals surface area contributed by atoms with Crippen molar-refractivity contribution >= 4 is 32.9 Å². The van der Waals surface area contributed by atoms with Crippen molar-refractivity contribution < 1.29 is 14.6 Å². The van der Waals surface area contributed by atoms with Gasteiger partial charge in [0.1, 0.15) is 12.4 Å². The Bertz CT molecular complexity index is 723. The lowest BCUT2D eigenvalue weighted by molar-refractivity contribution is 0.426. The van der Waals surface area contributed by atoms with Crippen molar-refractivity contribution in [3.05, 3.63) is 23.1 Å². The second-order valence-electron chi connectivity index (χ2n) is 3.57. The molecule has 92 valence electrons. The molecule has 0 fully saturated rings. The summed E-state index contributed by atoms with van der Waals surface area (Å²) >= 11 is 2.42. The predicted octanol–water partition coefficient (Wildman–Crippen LogP) is 3.30. The highest BCUT2D eigenvalue weighted by Crippen LogP contribution is 2.37. The Labute approximate surface area is 109 Å². The number of halogens is 1. The third-order valence-corrected chi connectivity index (χ3v) is 4.52. The summed E-state index contributed by atoms with van der Waals surface area (Å²) in [5.41, 5.74) is 0.740. The molecule has 0 bridgehead atoms. The summed E-state index contributed by atoms with van der Waals surface area (Å²) < 4.78 is 13.4. The van der Waals surface area contributed by atoms with E-state index in [-0.39, 0.29) is 16.5 Å². The number of phenolic OH excluding ortho intramolecular Hbond substituents is 1. The van der Waals surface area contributed by atoms with Crippen LogP contribution in [-0.4, -0.2) is 20.2 Å².